The van der Waals surface area contributed by atoms with Crippen LogP contribution in [-0.2, 0) is 4.79 Å². The van der Waals surface area contributed by atoms with Crippen LogP contribution in [0.4, 0.5) is 0 Å². The summed E-state index contributed by atoms with van der Waals surface area (Å²) in [5.74, 6) is 0.972. The van der Waals surface area contributed by atoms with E-state index in [4.69, 9.17) is 5.73 Å². The number of hydrogen-bond acceptors (Lipinski definition) is 3. The van der Waals surface area contributed by atoms with Crippen LogP contribution in [0.3, 0.4) is 0 Å². The minimum atomic E-state index is -0.516. The molecule has 1 aliphatic rings. The zero-order chi connectivity index (χ0) is 15.9. The molecular weight excluding hydrogens is 262 g/mol. The minimum Gasteiger partial charge on any atom is -0.368 e. The van der Waals surface area contributed by atoms with Gasteiger partial charge in [0.1, 0.15) is 5.54 Å². The third-order valence-electron chi connectivity index (χ3n) is 5.00. The number of likely N-dealkylation sites (N-methyl/N-ethyl adjacent to an activating group) is 1. The molecule has 0 radical (unpaired) electrons. The van der Waals surface area contributed by atoms with Crippen molar-refractivity contribution >= 4 is 5.91 Å². The lowest BCUT2D eigenvalue weighted by atomic mass is 9.90. The molecule has 1 rings (SSSR count). The Morgan fingerprint density at radius 1 is 1.29 bits per heavy atom. The van der Waals surface area contributed by atoms with Crippen LogP contribution in [0.25, 0.3) is 0 Å². The summed E-state index contributed by atoms with van der Waals surface area (Å²) in [4.78, 5) is 14.6. The first-order chi connectivity index (χ1) is 10.0. The van der Waals surface area contributed by atoms with Gasteiger partial charge in [0.05, 0.1) is 0 Å². The van der Waals surface area contributed by atoms with E-state index in [1.165, 1.54) is 12.8 Å². The Morgan fingerprint density at radius 2 is 1.90 bits per heavy atom. The predicted molar refractivity (Wildman–Crippen MR) is 89.1 cm³/mol. The van der Waals surface area contributed by atoms with Gasteiger partial charge in [0.25, 0.3) is 0 Å². The fraction of sp³-hybridized carbons (Fsp3) is 0.941. The number of nitrogens with two attached hydrogens (primary N) is 1. The average molecular weight is 297 g/mol. The van der Waals surface area contributed by atoms with Crippen molar-refractivity contribution in [3.63, 3.8) is 0 Å². The maximum atomic E-state index is 12.2. The first-order valence-corrected chi connectivity index (χ1v) is 8.81. The second-order valence-corrected chi connectivity index (χ2v) is 6.55. The normalized spacial score (nSPS) is 18.2. The van der Waals surface area contributed by atoms with Crippen LogP contribution in [0, 0.1) is 11.8 Å². The Balaban J connectivity index is 2.79. The van der Waals surface area contributed by atoms with Gasteiger partial charge in [-0.15, -0.1) is 0 Å². The summed E-state index contributed by atoms with van der Waals surface area (Å²) < 4.78 is 0. The minimum absolute atomic E-state index is 0.165. The number of carbonyl (C=O) groups excluding carboxylic acids is 1. The predicted octanol–water partition coefficient (Wildman–Crippen LogP) is 2.38. The first-order valence-electron chi connectivity index (χ1n) is 8.81. The van der Waals surface area contributed by atoms with E-state index < -0.39 is 5.54 Å². The molecular formula is C17H35N3O. The topological polar surface area (TPSA) is 58.4 Å². The van der Waals surface area contributed by atoms with Gasteiger partial charge in [0.2, 0.25) is 5.91 Å². The third-order valence-corrected chi connectivity index (χ3v) is 5.00. The van der Waals surface area contributed by atoms with Crippen LogP contribution in [-0.4, -0.2) is 42.5 Å². The van der Waals surface area contributed by atoms with Gasteiger partial charge in [0.15, 0.2) is 0 Å². The second-order valence-electron chi connectivity index (χ2n) is 6.55. The van der Waals surface area contributed by atoms with Crippen molar-refractivity contribution in [3.05, 3.63) is 0 Å². The molecule has 1 saturated carbocycles. The number of rotatable bonds is 12. The molecule has 0 aromatic heterocycles. The molecule has 0 bridgehead atoms. The van der Waals surface area contributed by atoms with Crippen molar-refractivity contribution in [1.82, 2.24) is 10.2 Å². The molecule has 1 aliphatic carbocycles. The highest BCUT2D eigenvalue weighted by Crippen LogP contribution is 2.40. The summed E-state index contributed by atoms with van der Waals surface area (Å²) >= 11 is 0. The lowest BCUT2D eigenvalue weighted by Gasteiger charge is -2.38. The molecule has 1 atom stereocenters. The number of hydrogen-bond donors (Lipinski definition) is 2. The summed E-state index contributed by atoms with van der Waals surface area (Å²) in [6, 6.07) is 0. The third kappa shape index (κ3) is 4.96. The molecule has 4 heteroatoms. The van der Waals surface area contributed by atoms with Crippen LogP contribution in [0.1, 0.15) is 59.8 Å². The average Bonchev–Trinajstić information content (AvgIpc) is 3.31. The van der Waals surface area contributed by atoms with Gasteiger partial charge in [-0.2, -0.15) is 0 Å². The maximum absolute atomic E-state index is 12.2. The van der Waals surface area contributed by atoms with E-state index in [1.54, 1.807) is 0 Å². The molecule has 4 nitrogen and oxygen atoms in total. The Morgan fingerprint density at radius 3 is 2.29 bits per heavy atom. The van der Waals surface area contributed by atoms with E-state index in [2.05, 4.69) is 37.9 Å². The number of nitrogens with one attached hydrogen (secondary N) is 1. The molecule has 124 valence electrons. The van der Waals surface area contributed by atoms with E-state index >= 15 is 0 Å². The molecule has 1 unspecified atom stereocenters. The monoisotopic (exact) mass is 297 g/mol. The first kappa shape index (κ1) is 18.4. The smallest absolute Gasteiger partial charge is 0.239 e. The molecule has 0 spiro atoms. The van der Waals surface area contributed by atoms with Gasteiger partial charge in [-0.1, -0.05) is 40.5 Å². The summed E-state index contributed by atoms with van der Waals surface area (Å²) in [5.41, 5.74) is 5.31. The highest BCUT2D eigenvalue weighted by molar-refractivity contribution is 5.86. The summed E-state index contributed by atoms with van der Waals surface area (Å²) in [7, 11) is 0. The maximum Gasteiger partial charge on any atom is 0.239 e. The van der Waals surface area contributed by atoms with E-state index in [0.717, 1.165) is 45.4 Å². The van der Waals surface area contributed by atoms with Crippen molar-refractivity contribution < 1.29 is 4.79 Å². The molecule has 1 fully saturated rings. The van der Waals surface area contributed by atoms with Gasteiger partial charge in [0, 0.05) is 13.1 Å². The molecule has 0 heterocycles. The SMILES string of the molecule is CCCNC(CN(CC)CC(CC)CC)(C(N)=O)C1CC1. The summed E-state index contributed by atoms with van der Waals surface area (Å²) in [6.45, 7) is 12.5. The van der Waals surface area contributed by atoms with Gasteiger partial charge >= 0.3 is 0 Å². The highest BCUT2D eigenvalue weighted by atomic mass is 16.1. The molecule has 21 heavy (non-hydrogen) atoms. The van der Waals surface area contributed by atoms with E-state index in [-0.39, 0.29) is 5.91 Å². The number of amides is 1. The van der Waals surface area contributed by atoms with Gasteiger partial charge in [-0.05, 0) is 44.2 Å². The van der Waals surface area contributed by atoms with Crippen LogP contribution < -0.4 is 11.1 Å². The molecule has 0 saturated heterocycles. The number of primary amides is 1. The fourth-order valence-electron chi connectivity index (χ4n) is 3.19. The van der Waals surface area contributed by atoms with Crippen molar-refractivity contribution in [2.45, 2.75) is 65.3 Å². The van der Waals surface area contributed by atoms with E-state index in [0.29, 0.717) is 11.8 Å². The van der Waals surface area contributed by atoms with E-state index in [9.17, 15) is 4.79 Å². The van der Waals surface area contributed by atoms with Crippen LogP contribution in [0.2, 0.25) is 0 Å². The largest absolute Gasteiger partial charge is 0.368 e. The van der Waals surface area contributed by atoms with Gasteiger partial charge in [-0.25, -0.2) is 0 Å². The lowest BCUT2D eigenvalue weighted by Crippen LogP contribution is -2.63. The fourth-order valence-corrected chi connectivity index (χ4v) is 3.19. The Kier molecular flexibility index (Phi) is 7.67. The van der Waals surface area contributed by atoms with Crippen molar-refractivity contribution in [1.29, 1.82) is 0 Å². The molecule has 0 aromatic carbocycles. The Hall–Kier alpha value is -0.610. The van der Waals surface area contributed by atoms with Crippen LogP contribution >= 0.6 is 0 Å². The Labute approximate surface area is 130 Å². The molecule has 1 amide bonds. The van der Waals surface area contributed by atoms with Crippen molar-refractivity contribution in [3.8, 4) is 0 Å². The van der Waals surface area contributed by atoms with E-state index in [1.807, 2.05) is 0 Å². The van der Waals surface area contributed by atoms with Gasteiger partial charge in [-0.3, -0.25) is 4.79 Å². The summed E-state index contributed by atoms with van der Waals surface area (Å²) in [6.07, 6.45) is 5.68. The Bertz CT molecular complexity index is 313. The molecule has 0 aliphatic heterocycles. The zero-order valence-corrected chi connectivity index (χ0v) is 14.5. The van der Waals surface area contributed by atoms with Crippen molar-refractivity contribution in [2.24, 2.45) is 17.6 Å². The quantitative estimate of drug-likeness (QED) is 0.581. The molecule has 3 N–H and O–H groups in total. The highest BCUT2D eigenvalue weighted by Gasteiger charge is 2.50. The van der Waals surface area contributed by atoms with Crippen LogP contribution in [0.5, 0.6) is 0 Å². The number of carbonyl (C=O) groups is 1. The van der Waals surface area contributed by atoms with Crippen LogP contribution in [0.15, 0.2) is 0 Å². The lowest BCUT2D eigenvalue weighted by molar-refractivity contribution is -0.126. The van der Waals surface area contributed by atoms with Gasteiger partial charge < -0.3 is 16.0 Å². The summed E-state index contributed by atoms with van der Waals surface area (Å²) in [5, 5.41) is 3.50. The second kappa shape index (κ2) is 8.74. The standard InChI is InChI=1S/C17H35N3O/c1-5-11-19-17(16(18)21,15-9-10-15)13-20(8-4)12-14(6-2)7-3/h14-15,19H,5-13H2,1-4H3,(H2,18,21). The number of nitrogens with zero attached hydrogens (tertiary/aromatic N) is 1. The molecule has 0 aromatic rings. The zero-order valence-electron chi connectivity index (χ0n) is 14.5. The van der Waals surface area contributed by atoms with Crippen molar-refractivity contribution in [2.75, 3.05) is 26.2 Å².